The summed E-state index contributed by atoms with van der Waals surface area (Å²) in [4.78, 5) is 43.7. The highest BCUT2D eigenvalue weighted by Crippen LogP contribution is 2.23. The summed E-state index contributed by atoms with van der Waals surface area (Å²) in [5.74, 6) is -0.343. The van der Waals surface area contributed by atoms with Crippen molar-refractivity contribution in [2.75, 3.05) is 26.4 Å². The largest absolute Gasteiger partial charge is 0.460 e. The monoisotopic (exact) mass is 401 g/mol. The summed E-state index contributed by atoms with van der Waals surface area (Å²) < 4.78 is 7.01. The summed E-state index contributed by atoms with van der Waals surface area (Å²) in [5, 5.41) is 0.486. The van der Waals surface area contributed by atoms with Crippen LogP contribution in [0.3, 0.4) is 0 Å². The number of nitrogens with zero attached hydrogens (tertiary/aromatic N) is 4. The number of aliphatic imine (C=N–C) groups is 1. The van der Waals surface area contributed by atoms with E-state index in [-0.39, 0.29) is 24.2 Å². The molecule has 3 amide bonds. The number of carbonyl (C=O) groups excluding carboxylic acids is 3. The van der Waals surface area contributed by atoms with Gasteiger partial charge in [0.15, 0.2) is 0 Å². The standard InChI is InChI=1S/C19H21N4O4S/c1-4-10-23-15-16(21(2)19(26)22(3)17(15)25)20-18(23)28-12-14(24)27-11-13-8-6-5-7-9-13/h4-9,15H,1,10-12H2,2-3H3/q+1. The van der Waals surface area contributed by atoms with Crippen molar-refractivity contribution in [2.24, 2.45) is 4.99 Å². The molecule has 146 valence electrons. The van der Waals surface area contributed by atoms with Crippen molar-refractivity contribution in [3.63, 3.8) is 0 Å². The predicted molar refractivity (Wildman–Crippen MR) is 106 cm³/mol. The molecule has 1 fully saturated rings. The molecule has 0 aromatic heterocycles. The number of amides is 3. The second-order valence-electron chi connectivity index (χ2n) is 6.27. The van der Waals surface area contributed by atoms with Gasteiger partial charge < -0.3 is 4.74 Å². The van der Waals surface area contributed by atoms with E-state index >= 15 is 0 Å². The Morgan fingerprint density at radius 2 is 2.00 bits per heavy atom. The number of benzene rings is 1. The number of ether oxygens (including phenoxy) is 1. The van der Waals surface area contributed by atoms with E-state index in [4.69, 9.17) is 4.74 Å². The minimum atomic E-state index is -0.700. The highest BCUT2D eigenvalue weighted by atomic mass is 32.2. The molecule has 1 unspecified atom stereocenters. The first-order valence-corrected chi connectivity index (χ1v) is 9.63. The lowest BCUT2D eigenvalue weighted by Crippen LogP contribution is -2.61. The van der Waals surface area contributed by atoms with Crippen LogP contribution in [-0.4, -0.2) is 75.7 Å². The number of imide groups is 1. The maximum absolute atomic E-state index is 12.6. The van der Waals surface area contributed by atoms with Crippen molar-refractivity contribution in [3.8, 4) is 0 Å². The van der Waals surface area contributed by atoms with E-state index in [9.17, 15) is 14.4 Å². The van der Waals surface area contributed by atoms with Crippen LogP contribution in [0.15, 0.2) is 48.0 Å². The Kier molecular flexibility index (Phi) is 5.93. The molecule has 2 aliphatic rings. The van der Waals surface area contributed by atoms with Gasteiger partial charge in [-0.3, -0.25) is 19.4 Å². The number of rotatable bonds is 6. The van der Waals surface area contributed by atoms with Crippen LogP contribution in [0.2, 0.25) is 0 Å². The third kappa shape index (κ3) is 3.84. The van der Waals surface area contributed by atoms with E-state index < -0.39 is 12.1 Å². The molecule has 1 atom stereocenters. The second kappa shape index (κ2) is 8.39. The zero-order chi connectivity index (χ0) is 20.3. The van der Waals surface area contributed by atoms with Crippen LogP contribution in [0.4, 0.5) is 4.79 Å². The van der Waals surface area contributed by atoms with Gasteiger partial charge >= 0.3 is 17.2 Å². The molecule has 2 heterocycles. The Morgan fingerprint density at radius 1 is 1.29 bits per heavy atom. The van der Waals surface area contributed by atoms with Crippen LogP contribution in [0.25, 0.3) is 0 Å². The van der Waals surface area contributed by atoms with Crippen molar-refractivity contribution in [1.29, 1.82) is 0 Å². The van der Waals surface area contributed by atoms with Crippen molar-refractivity contribution in [1.82, 2.24) is 9.80 Å². The molecule has 0 bridgehead atoms. The number of thioether (sulfide) groups is 1. The summed E-state index contributed by atoms with van der Waals surface area (Å²) in [6.45, 7) is 4.28. The van der Waals surface area contributed by atoms with Gasteiger partial charge in [-0.1, -0.05) is 43.0 Å². The van der Waals surface area contributed by atoms with Crippen LogP contribution in [0, 0.1) is 0 Å². The van der Waals surface area contributed by atoms with E-state index in [0.717, 1.165) is 10.5 Å². The third-order valence-electron chi connectivity index (χ3n) is 4.38. The molecule has 1 aromatic rings. The van der Waals surface area contributed by atoms with E-state index in [1.165, 1.54) is 23.7 Å². The maximum atomic E-state index is 12.6. The Labute approximate surface area is 167 Å². The first-order valence-electron chi connectivity index (χ1n) is 8.64. The zero-order valence-corrected chi connectivity index (χ0v) is 16.5. The Bertz CT molecular complexity index is 881. The molecule has 9 heteroatoms. The lowest BCUT2D eigenvalue weighted by Gasteiger charge is -2.30. The number of amidine groups is 2. The molecule has 8 nitrogen and oxygen atoms in total. The molecule has 0 aliphatic carbocycles. The van der Waals surface area contributed by atoms with Crippen molar-refractivity contribution >= 4 is 40.7 Å². The molecular formula is C19H21N4O4S+. The summed E-state index contributed by atoms with van der Waals surface area (Å²) in [7, 11) is 3.01. The zero-order valence-electron chi connectivity index (χ0n) is 15.7. The van der Waals surface area contributed by atoms with Gasteiger partial charge in [-0.2, -0.15) is 0 Å². The van der Waals surface area contributed by atoms with Crippen LogP contribution in [0.5, 0.6) is 0 Å². The highest BCUT2D eigenvalue weighted by molar-refractivity contribution is 8.14. The lowest BCUT2D eigenvalue weighted by molar-refractivity contribution is -0.522. The van der Waals surface area contributed by atoms with Crippen LogP contribution < -0.4 is 0 Å². The number of likely N-dealkylation sites (N-methyl/N-ethyl adjacent to an activating group) is 2. The van der Waals surface area contributed by atoms with E-state index in [1.807, 2.05) is 30.3 Å². The molecule has 0 spiro atoms. The van der Waals surface area contributed by atoms with Gasteiger partial charge in [-0.25, -0.2) is 9.37 Å². The lowest BCUT2D eigenvalue weighted by atomic mass is 10.1. The number of esters is 1. The first-order chi connectivity index (χ1) is 13.4. The average molecular weight is 401 g/mol. The van der Waals surface area contributed by atoms with Gasteiger partial charge in [-0.05, 0) is 22.3 Å². The fourth-order valence-electron chi connectivity index (χ4n) is 2.92. The minimum absolute atomic E-state index is 0.0427. The summed E-state index contributed by atoms with van der Waals surface area (Å²) >= 11 is 1.17. The van der Waals surface area contributed by atoms with Gasteiger partial charge in [0, 0.05) is 14.1 Å². The fraction of sp³-hybridized carbons (Fsp3) is 0.316. The van der Waals surface area contributed by atoms with E-state index in [2.05, 4.69) is 11.6 Å². The number of hydrogen-bond acceptors (Lipinski definition) is 6. The molecule has 3 rings (SSSR count). The second-order valence-corrected chi connectivity index (χ2v) is 7.21. The highest BCUT2D eigenvalue weighted by Gasteiger charge is 2.52. The fourth-order valence-corrected chi connectivity index (χ4v) is 3.75. The van der Waals surface area contributed by atoms with E-state index in [0.29, 0.717) is 17.5 Å². The number of fused-ring (bicyclic) bond motifs is 1. The van der Waals surface area contributed by atoms with Crippen LogP contribution in [0.1, 0.15) is 5.56 Å². The first kappa shape index (κ1) is 19.8. The van der Waals surface area contributed by atoms with Crippen molar-refractivity contribution < 1.29 is 23.7 Å². The number of urea groups is 1. The minimum Gasteiger partial charge on any atom is -0.460 e. The average Bonchev–Trinajstić information content (AvgIpc) is 3.07. The topological polar surface area (TPSA) is 82.3 Å². The molecule has 1 saturated heterocycles. The molecule has 0 saturated carbocycles. The summed E-state index contributed by atoms with van der Waals surface area (Å²) in [6.07, 6.45) is 1.65. The maximum Gasteiger partial charge on any atom is 0.358 e. The van der Waals surface area contributed by atoms with Crippen molar-refractivity contribution in [3.05, 3.63) is 48.6 Å². The van der Waals surface area contributed by atoms with E-state index in [1.54, 1.807) is 17.7 Å². The van der Waals surface area contributed by atoms with Crippen LogP contribution >= 0.6 is 11.8 Å². The quantitative estimate of drug-likeness (QED) is 0.408. The normalized spacial score (nSPS) is 18.9. The molecule has 0 N–H and O–H groups in total. The number of hydrogen-bond donors (Lipinski definition) is 0. The van der Waals surface area contributed by atoms with Gasteiger partial charge in [0.2, 0.25) is 0 Å². The Hall–Kier alpha value is -2.94. The molecule has 1 aromatic carbocycles. The van der Waals surface area contributed by atoms with Crippen molar-refractivity contribution in [2.45, 2.75) is 12.6 Å². The SMILES string of the molecule is C=CC[N+]1=C(SCC(=O)OCc2ccccc2)N=C2C1C(=O)N(C)C(=O)N2C. The molecule has 2 aliphatic heterocycles. The summed E-state index contributed by atoms with van der Waals surface area (Å²) in [6, 6.07) is 8.27. The van der Waals surface area contributed by atoms with Gasteiger partial charge in [0.05, 0.1) is 0 Å². The Morgan fingerprint density at radius 3 is 2.68 bits per heavy atom. The smallest absolute Gasteiger partial charge is 0.358 e. The molecule has 28 heavy (non-hydrogen) atoms. The van der Waals surface area contributed by atoms with Gasteiger partial charge in [0.1, 0.15) is 18.9 Å². The van der Waals surface area contributed by atoms with Gasteiger partial charge in [-0.15, -0.1) is 0 Å². The van der Waals surface area contributed by atoms with Gasteiger partial charge in [0.25, 0.3) is 17.8 Å². The molecular weight excluding hydrogens is 380 g/mol. The molecule has 0 radical (unpaired) electrons. The Balaban J connectivity index is 1.70. The summed E-state index contributed by atoms with van der Waals surface area (Å²) in [5.41, 5.74) is 0.905. The third-order valence-corrected chi connectivity index (χ3v) is 5.35. The predicted octanol–water partition coefficient (Wildman–Crippen LogP) is 1.32. The number of carbonyl (C=O) groups is 3. The van der Waals surface area contributed by atoms with Crippen LogP contribution in [-0.2, 0) is 20.9 Å².